The molecule has 1 atom stereocenters. The summed E-state index contributed by atoms with van der Waals surface area (Å²) in [6.45, 7) is 7.99. The van der Waals surface area contributed by atoms with Crippen LogP contribution in [-0.2, 0) is 14.9 Å². The second-order valence-electron chi connectivity index (χ2n) is 7.43. The zero-order chi connectivity index (χ0) is 19.6. The molecule has 2 aromatic carbocycles. The number of ether oxygens (including phenoxy) is 3. The number of anilines is 1. The number of carbonyl (C=O) groups is 2. The van der Waals surface area contributed by atoms with Crippen molar-refractivity contribution in [2.45, 2.75) is 39.2 Å². The van der Waals surface area contributed by atoms with Crippen molar-refractivity contribution in [3.8, 4) is 11.5 Å². The predicted octanol–water partition coefficient (Wildman–Crippen LogP) is 3.90. The van der Waals surface area contributed by atoms with Gasteiger partial charge in [-0.3, -0.25) is 4.79 Å². The van der Waals surface area contributed by atoms with E-state index < -0.39 is 18.0 Å². The van der Waals surface area contributed by atoms with Gasteiger partial charge < -0.3 is 19.5 Å². The van der Waals surface area contributed by atoms with Crippen LogP contribution >= 0.6 is 0 Å². The van der Waals surface area contributed by atoms with Gasteiger partial charge in [-0.15, -0.1) is 0 Å². The molecule has 0 aromatic heterocycles. The molecule has 6 heteroatoms. The number of rotatable bonds is 4. The van der Waals surface area contributed by atoms with E-state index in [0.717, 1.165) is 5.56 Å². The van der Waals surface area contributed by atoms with Gasteiger partial charge in [-0.1, -0.05) is 32.9 Å². The van der Waals surface area contributed by atoms with E-state index in [1.165, 1.54) is 6.92 Å². The van der Waals surface area contributed by atoms with E-state index in [2.05, 4.69) is 26.1 Å². The smallest absolute Gasteiger partial charge is 0.338 e. The zero-order valence-corrected chi connectivity index (χ0v) is 15.9. The van der Waals surface area contributed by atoms with Crippen molar-refractivity contribution in [2.24, 2.45) is 0 Å². The van der Waals surface area contributed by atoms with Crippen molar-refractivity contribution in [2.75, 3.05) is 12.1 Å². The van der Waals surface area contributed by atoms with E-state index in [4.69, 9.17) is 14.2 Å². The van der Waals surface area contributed by atoms with Gasteiger partial charge in [-0.2, -0.15) is 0 Å². The Hall–Kier alpha value is -3.02. The fourth-order valence-corrected chi connectivity index (χ4v) is 2.61. The zero-order valence-electron chi connectivity index (χ0n) is 15.9. The summed E-state index contributed by atoms with van der Waals surface area (Å²) in [4.78, 5) is 24.6. The van der Waals surface area contributed by atoms with Crippen molar-refractivity contribution in [1.82, 2.24) is 0 Å². The summed E-state index contributed by atoms with van der Waals surface area (Å²) in [5, 5.41) is 2.71. The number of nitrogens with one attached hydrogen (secondary N) is 1. The third-order valence-electron chi connectivity index (χ3n) is 4.28. The lowest BCUT2D eigenvalue weighted by atomic mass is 9.87. The van der Waals surface area contributed by atoms with Gasteiger partial charge in [0.15, 0.2) is 17.6 Å². The second kappa shape index (κ2) is 7.31. The third-order valence-corrected chi connectivity index (χ3v) is 4.28. The van der Waals surface area contributed by atoms with Gasteiger partial charge in [0.2, 0.25) is 6.79 Å². The Kier molecular flexibility index (Phi) is 5.08. The molecule has 142 valence electrons. The summed E-state index contributed by atoms with van der Waals surface area (Å²) in [5.74, 6) is 0.236. The van der Waals surface area contributed by atoms with Gasteiger partial charge >= 0.3 is 5.97 Å². The number of hydrogen-bond acceptors (Lipinski definition) is 5. The fraction of sp³-hybridized carbons (Fsp3) is 0.333. The summed E-state index contributed by atoms with van der Waals surface area (Å²) in [7, 11) is 0. The molecule has 6 nitrogen and oxygen atoms in total. The first-order chi connectivity index (χ1) is 12.7. The lowest BCUT2D eigenvalue weighted by Crippen LogP contribution is -2.30. The molecule has 0 aliphatic carbocycles. The quantitative estimate of drug-likeness (QED) is 0.828. The Balaban J connectivity index is 1.59. The summed E-state index contributed by atoms with van der Waals surface area (Å²) < 4.78 is 15.8. The highest BCUT2D eigenvalue weighted by atomic mass is 16.7. The molecule has 1 amide bonds. The number of amides is 1. The first-order valence-corrected chi connectivity index (χ1v) is 8.76. The van der Waals surface area contributed by atoms with Gasteiger partial charge in [-0.05, 0) is 42.2 Å². The van der Waals surface area contributed by atoms with Crippen LogP contribution in [0.4, 0.5) is 5.69 Å². The lowest BCUT2D eigenvalue weighted by molar-refractivity contribution is -0.123. The van der Waals surface area contributed by atoms with Gasteiger partial charge in [0.05, 0.1) is 5.56 Å². The second-order valence-corrected chi connectivity index (χ2v) is 7.43. The van der Waals surface area contributed by atoms with Crippen molar-refractivity contribution in [1.29, 1.82) is 0 Å². The fourth-order valence-electron chi connectivity index (χ4n) is 2.61. The van der Waals surface area contributed by atoms with Crippen molar-refractivity contribution < 1.29 is 23.8 Å². The van der Waals surface area contributed by atoms with Crippen LogP contribution in [0.5, 0.6) is 11.5 Å². The van der Waals surface area contributed by atoms with E-state index >= 15 is 0 Å². The molecule has 0 radical (unpaired) electrons. The maximum atomic E-state index is 12.3. The van der Waals surface area contributed by atoms with E-state index in [1.807, 2.05) is 12.1 Å². The highest BCUT2D eigenvalue weighted by Crippen LogP contribution is 2.34. The Morgan fingerprint density at radius 2 is 1.70 bits per heavy atom. The van der Waals surface area contributed by atoms with Crippen molar-refractivity contribution >= 4 is 17.6 Å². The monoisotopic (exact) mass is 369 g/mol. The van der Waals surface area contributed by atoms with Crippen LogP contribution in [0.15, 0.2) is 42.5 Å². The minimum atomic E-state index is -0.940. The molecule has 1 aliphatic heterocycles. The molecule has 1 aliphatic rings. The molecule has 1 heterocycles. The van der Waals surface area contributed by atoms with Crippen LogP contribution < -0.4 is 14.8 Å². The van der Waals surface area contributed by atoms with E-state index in [-0.39, 0.29) is 12.2 Å². The third kappa shape index (κ3) is 4.39. The van der Waals surface area contributed by atoms with Crippen molar-refractivity contribution in [3.63, 3.8) is 0 Å². The number of hydrogen-bond donors (Lipinski definition) is 1. The summed E-state index contributed by atoms with van der Waals surface area (Å²) >= 11 is 0. The molecular formula is C21H23NO5. The molecule has 0 unspecified atom stereocenters. The first-order valence-electron chi connectivity index (χ1n) is 8.76. The molecule has 0 bridgehead atoms. The molecule has 1 N–H and O–H groups in total. The predicted molar refractivity (Wildman–Crippen MR) is 101 cm³/mol. The largest absolute Gasteiger partial charge is 0.454 e. The van der Waals surface area contributed by atoms with Gasteiger partial charge in [0, 0.05) is 11.8 Å². The molecule has 3 rings (SSSR count). The van der Waals surface area contributed by atoms with E-state index in [9.17, 15) is 9.59 Å². The highest BCUT2D eigenvalue weighted by Gasteiger charge is 2.21. The maximum absolute atomic E-state index is 12.3. The van der Waals surface area contributed by atoms with Gasteiger partial charge in [0.1, 0.15) is 0 Å². The SMILES string of the molecule is C[C@@H](OC(=O)c1ccc(C(C)(C)C)cc1)C(=O)Nc1ccc2c(c1)OCO2. The van der Waals surface area contributed by atoms with Gasteiger partial charge in [-0.25, -0.2) is 4.79 Å². The van der Waals surface area contributed by atoms with Crippen molar-refractivity contribution in [3.05, 3.63) is 53.6 Å². The Morgan fingerprint density at radius 1 is 1.04 bits per heavy atom. The number of carbonyl (C=O) groups excluding carboxylic acids is 2. The Bertz CT molecular complexity index is 852. The van der Waals surface area contributed by atoms with Gasteiger partial charge in [0.25, 0.3) is 5.91 Å². The van der Waals surface area contributed by atoms with E-state index in [1.54, 1.807) is 30.3 Å². The first kappa shape index (κ1) is 18.8. The van der Waals surface area contributed by atoms with Crippen LogP contribution in [0.1, 0.15) is 43.6 Å². The van der Waals surface area contributed by atoms with E-state index in [0.29, 0.717) is 22.7 Å². The summed E-state index contributed by atoms with van der Waals surface area (Å²) in [5.41, 5.74) is 2.07. The average Bonchev–Trinajstić information content (AvgIpc) is 3.08. The van der Waals surface area contributed by atoms with Crippen LogP contribution in [0.25, 0.3) is 0 Å². The molecule has 2 aromatic rings. The number of benzene rings is 2. The molecule has 0 saturated heterocycles. The Morgan fingerprint density at radius 3 is 2.37 bits per heavy atom. The van der Waals surface area contributed by atoms with Crippen LogP contribution in [0.2, 0.25) is 0 Å². The Labute approximate surface area is 158 Å². The lowest BCUT2D eigenvalue weighted by Gasteiger charge is -2.19. The highest BCUT2D eigenvalue weighted by molar-refractivity contribution is 5.97. The molecule has 0 saturated carbocycles. The maximum Gasteiger partial charge on any atom is 0.338 e. The minimum absolute atomic E-state index is 0.000225. The molecular weight excluding hydrogens is 346 g/mol. The van der Waals surface area contributed by atoms with Crippen LogP contribution in [-0.4, -0.2) is 24.8 Å². The molecule has 0 spiro atoms. The van der Waals surface area contributed by atoms with Crippen LogP contribution in [0, 0.1) is 0 Å². The minimum Gasteiger partial charge on any atom is -0.454 e. The molecule has 27 heavy (non-hydrogen) atoms. The number of esters is 1. The topological polar surface area (TPSA) is 73.9 Å². The van der Waals surface area contributed by atoms with Crippen LogP contribution in [0.3, 0.4) is 0 Å². The standard InChI is InChI=1S/C21H23NO5/c1-13(19(23)22-16-9-10-17-18(11-16)26-12-25-17)27-20(24)14-5-7-15(8-6-14)21(2,3)4/h5-11,13H,12H2,1-4H3,(H,22,23)/t13-/m1/s1. The summed E-state index contributed by atoms with van der Waals surface area (Å²) in [6.07, 6.45) is -0.940. The average molecular weight is 369 g/mol. The number of fused-ring (bicyclic) bond motifs is 1. The molecule has 0 fully saturated rings. The normalized spacial score (nSPS) is 13.8. The summed E-state index contributed by atoms with van der Waals surface area (Å²) in [6, 6.07) is 12.3.